The average Bonchev–Trinajstić information content (AvgIpc) is 2.46. The lowest BCUT2D eigenvalue weighted by Crippen LogP contribution is -2.21. The Labute approximate surface area is 130 Å². The molecule has 2 aromatic carbocycles. The van der Waals surface area contributed by atoms with Gasteiger partial charge in [-0.1, -0.05) is 93.4 Å². The van der Waals surface area contributed by atoms with Gasteiger partial charge in [0.05, 0.1) is 4.83 Å². The second-order valence-corrected chi connectivity index (χ2v) is 6.82. The molecule has 0 aliphatic rings. The molecule has 2 rings (SSSR count). The van der Waals surface area contributed by atoms with Crippen molar-refractivity contribution in [3.63, 3.8) is 0 Å². The molecule has 0 heterocycles. The number of carbonyl (C=O) groups is 1. The van der Waals surface area contributed by atoms with Crippen molar-refractivity contribution in [2.75, 3.05) is 0 Å². The van der Waals surface area contributed by atoms with E-state index in [0.29, 0.717) is 0 Å². The standard InChI is InChI=1S/C16H14Br2O/c1-11(17)15(18)16(19)14-9-7-13(8-10-14)12-5-3-2-4-6-12/h2-11,15H,1H3/t11-,15-/m0/s1. The lowest BCUT2D eigenvalue weighted by atomic mass is 10.0. The number of carbonyl (C=O) groups excluding carboxylic acids is 1. The van der Waals surface area contributed by atoms with E-state index in [1.165, 1.54) is 0 Å². The van der Waals surface area contributed by atoms with E-state index >= 15 is 0 Å². The zero-order valence-electron chi connectivity index (χ0n) is 10.5. The molecular weight excluding hydrogens is 368 g/mol. The van der Waals surface area contributed by atoms with E-state index < -0.39 is 0 Å². The van der Waals surface area contributed by atoms with Gasteiger partial charge in [0.25, 0.3) is 0 Å². The van der Waals surface area contributed by atoms with Crippen LogP contribution >= 0.6 is 31.9 Å². The molecule has 0 aliphatic carbocycles. The largest absolute Gasteiger partial charge is 0.293 e. The minimum absolute atomic E-state index is 0.101. The van der Waals surface area contributed by atoms with Crippen LogP contribution in [0, 0.1) is 0 Å². The van der Waals surface area contributed by atoms with Crippen molar-refractivity contribution < 1.29 is 4.79 Å². The highest BCUT2D eigenvalue weighted by atomic mass is 79.9. The van der Waals surface area contributed by atoms with Gasteiger partial charge in [0.15, 0.2) is 5.78 Å². The van der Waals surface area contributed by atoms with Crippen LogP contribution in [0.5, 0.6) is 0 Å². The van der Waals surface area contributed by atoms with Gasteiger partial charge >= 0.3 is 0 Å². The molecule has 2 atom stereocenters. The fourth-order valence-corrected chi connectivity index (χ4v) is 2.33. The number of rotatable bonds is 4. The average molecular weight is 382 g/mol. The van der Waals surface area contributed by atoms with E-state index in [9.17, 15) is 4.79 Å². The Kier molecular flexibility index (Phi) is 4.94. The molecule has 0 aromatic heterocycles. The Bertz CT molecular complexity index is 547. The highest BCUT2D eigenvalue weighted by Gasteiger charge is 2.21. The predicted molar refractivity (Wildman–Crippen MR) is 87.3 cm³/mol. The summed E-state index contributed by atoms with van der Waals surface area (Å²) >= 11 is 6.83. The van der Waals surface area contributed by atoms with E-state index in [1.807, 2.05) is 49.4 Å². The molecule has 3 heteroatoms. The van der Waals surface area contributed by atoms with Crippen LogP contribution in [-0.2, 0) is 0 Å². The summed E-state index contributed by atoms with van der Waals surface area (Å²) in [5, 5.41) is 0. The number of Topliss-reactive ketones (excluding diaryl/α,β-unsaturated/α-hetero) is 1. The smallest absolute Gasteiger partial charge is 0.177 e. The molecular formula is C16H14Br2O. The van der Waals surface area contributed by atoms with Gasteiger partial charge in [-0.05, 0) is 11.1 Å². The molecule has 0 bridgehead atoms. The van der Waals surface area contributed by atoms with Gasteiger partial charge in [0.2, 0.25) is 0 Å². The number of alkyl halides is 2. The van der Waals surface area contributed by atoms with Gasteiger partial charge in [0.1, 0.15) is 0 Å². The first-order chi connectivity index (χ1) is 9.09. The zero-order chi connectivity index (χ0) is 13.8. The zero-order valence-corrected chi connectivity index (χ0v) is 13.7. The first kappa shape index (κ1) is 14.5. The quantitative estimate of drug-likeness (QED) is 0.532. The van der Waals surface area contributed by atoms with Crippen molar-refractivity contribution in [3.8, 4) is 11.1 Å². The fourth-order valence-electron chi connectivity index (χ4n) is 1.83. The third kappa shape index (κ3) is 3.54. The first-order valence-corrected chi connectivity index (χ1v) is 7.90. The van der Waals surface area contributed by atoms with Gasteiger partial charge in [0, 0.05) is 10.4 Å². The van der Waals surface area contributed by atoms with Crippen LogP contribution in [0.25, 0.3) is 11.1 Å². The minimum atomic E-state index is -0.199. The SMILES string of the molecule is C[C@H](Br)[C@H](Br)C(=O)c1ccc(-c2ccccc2)cc1. The Morgan fingerprint density at radius 3 is 1.95 bits per heavy atom. The Morgan fingerprint density at radius 2 is 1.42 bits per heavy atom. The van der Waals surface area contributed by atoms with E-state index in [2.05, 4.69) is 44.0 Å². The second-order valence-electron chi connectivity index (χ2n) is 4.39. The third-order valence-electron chi connectivity index (χ3n) is 2.93. The Balaban J connectivity index is 2.22. The summed E-state index contributed by atoms with van der Waals surface area (Å²) in [5.74, 6) is 0.101. The van der Waals surface area contributed by atoms with Crippen molar-refractivity contribution in [1.29, 1.82) is 0 Å². The third-order valence-corrected chi connectivity index (χ3v) is 5.38. The molecule has 2 aromatic rings. The number of hydrogen-bond acceptors (Lipinski definition) is 1. The predicted octanol–water partition coefficient (Wildman–Crippen LogP) is 5.08. The Morgan fingerprint density at radius 1 is 0.895 bits per heavy atom. The van der Waals surface area contributed by atoms with Crippen molar-refractivity contribution >= 4 is 37.6 Å². The van der Waals surface area contributed by atoms with Crippen molar-refractivity contribution in [2.24, 2.45) is 0 Å². The molecule has 0 spiro atoms. The summed E-state index contributed by atoms with van der Waals surface area (Å²) in [6.07, 6.45) is 0. The normalized spacial score (nSPS) is 13.8. The molecule has 0 radical (unpaired) electrons. The van der Waals surface area contributed by atoms with Gasteiger partial charge in [-0.2, -0.15) is 0 Å². The topological polar surface area (TPSA) is 17.1 Å². The summed E-state index contributed by atoms with van der Waals surface area (Å²) in [6, 6.07) is 17.9. The first-order valence-electron chi connectivity index (χ1n) is 6.07. The molecule has 19 heavy (non-hydrogen) atoms. The van der Waals surface area contributed by atoms with Gasteiger partial charge in [-0.3, -0.25) is 4.79 Å². The van der Waals surface area contributed by atoms with Crippen LogP contribution in [0.3, 0.4) is 0 Å². The van der Waals surface area contributed by atoms with Crippen LogP contribution in [0.4, 0.5) is 0 Å². The van der Waals surface area contributed by atoms with Crippen LogP contribution < -0.4 is 0 Å². The Hall–Kier alpha value is -0.930. The lowest BCUT2D eigenvalue weighted by Gasteiger charge is -2.11. The summed E-state index contributed by atoms with van der Waals surface area (Å²) < 4.78 is 0. The van der Waals surface area contributed by atoms with E-state index in [-0.39, 0.29) is 15.4 Å². The summed E-state index contributed by atoms with van der Waals surface area (Å²) in [6.45, 7) is 1.95. The molecule has 0 N–H and O–H groups in total. The van der Waals surface area contributed by atoms with E-state index in [4.69, 9.17) is 0 Å². The van der Waals surface area contributed by atoms with Crippen LogP contribution in [0.1, 0.15) is 17.3 Å². The summed E-state index contributed by atoms with van der Waals surface area (Å²) in [5.41, 5.74) is 3.01. The maximum absolute atomic E-state index is 12.2. The number of hydrogen-bond donors (Lipinski definition) is 0. The molecule has 1 nitrogen and oxygen atoms in total. The van der Waals surface area contributed by atoms with Crippen LogP contribution in [-0.4, -0.2) is 15.4 Å². The maximum atomic E-state index is 12.2. The molecule has 0 unspecified atom stereocenters. The molecule has 0 amide bonds. The maximum Gasteiger partial charge on any atom is 0.177 e. The van der Waals surface area contributed by atoms with Crippen LogP contribution in [0.2, 0.25) is 0 Å². The number of halogens is 2. The van der Waals surface area contributed by atoms with Gasteiger partial charge in [-0.15, -0.1) is 0 Å². The lowest BCUT2D eigenvalue weighted by molar-refractivity contribution is 0.0992. The molecule has 98 valence electrons. The molecule has 0 fully saturated rings. The summed E-state index contributed by atoms with van der Waals surface area (Å²) in [4.78, 5) is 12.1. The second kappa shape index (κ2) is 6.49. The van der Waals surface area contributed by atoms with E-state index in [1.54, 1.807) is 0 Å². The van der Waals surface area contributed by atoms with Crippen molar-refractivity contribution in [1.82, 2.24) is 0 Å². The monoisotopic (exact) mass is 380 g/mol. The van der Waals surface area contributed by atoms with Gasteiger partial charge in [-0.25, -0.2) is 0 Å². The number of ketones is 1. The summed E-state index contributed by atoms with van der Waals surface area (Å²) in [7, 11) is 0. The van der Waals surface area contributed by atoms with Crippen LogP contribution in [0.15, 0.2) is 54.6 Å². The van der Waals surface area contributed by atoms with Crippen molar-refractivity contribution in [2.45, 2.75) is 16.6 Å². The highest BCUT2D eigenvalue weighted by molar-refractivity contribution is 9.12. The molecule has 0 saturated heterocycles. The van der Waals surface area contributed by atoms with Crippen molar-refractivity contribution in [3.05, 3.63) is 60.2 Å². The van der Waals surface area contributed by atoms with Gasteiger partial charge < -0.3 is 0 Å². The molecule has 0 aliphatic heterocycles. The highest BCUT2D eigenvalue weighted by Crippen LogP contribution is 2.22. The number of benzene rings is 2. The minimum Gasteiger partial charge on any atom is -0.293 e. The molecule has 0 saturated carbocycles. The van der Waals surface area contributed by atoms with E-state index in [0.717, 1.165) is 16.7 Å². The fraction of sp³-hybridized carbons (Fsp3) is 0.188.